The molecule has 2 heterocycles. The van der Waals surface area contributed by atoms with E-state index < -0.39 is 11.7 Å². The molecule has 0 saturated carbocycles. The molecule has 1 fully saturated rings. The topological polar surface area (TPSA) is 54.5 Å². The molecule has 1 aromatic rings. The first-order chi connectivity index (χ1) is 9.06. The maximum Gasteiger partial charge on any atom is 0.254 e. The van der Waals surface area contributed by atoms with Gasteiger partial charge in [0.15, 0.2) is 0 Å². The van der Waals surface area contributed by atoms with Gasteiger partial charge >= 0.3 is 0 Å². The summed E-state index contributed by atoms with van der Waals surface area (Å²) in [6.07, 6.45) is 0.904. The Balaban J connectivity index is 1.92. The molecule has 2 rings (SSSR count). The Labute approximate surface area is 115 Å². The molecule has 0 bridgehead atoms. The number of halogens is 2. The second kappa shape index (κ2) is 6.27. The highest BCUT2D eigenvalue weighted by Gasteiger charge is 2.19. The average molecular weight is 288 g/mol. The lowest BCUT2D eigenvalue weighted by molar-refractivity contribution is -0.0175. The predicted molar refractivity (Wildman–Crippen MR) is 68.8 cm³/mol. The average Bonchev–Trinajstić information content (AvgIpc) is 2.39. The van der Waals surface area contributed by atoms with E-state index in [1.54, 1.807) is 0 Å². The Morgan fingerprint density at radius 1 is 1.74 bits per heavy atom. The second-order valence-corrected chi connectivity index (χ2v) is 4.81. The molecule has 1 saturated heterocycles. The van der Waals surface area contributed by atoms with E-state index in [1.807, 2.05) is 7.05 Å². The van der Waals surface area contributed by atoms with Crippen LogP contribution in [0.15, 0.2) is 12.3 Å². The minimum Gasteiger partial charge on any atom is -0.374 e. The van der Waals surface area contributed by atoms with Crippen molar-refractivity contribution < 1.29 is 13.9 Å². The molecule has 1 amide bonds. The third-order valence-corrected chi connectivity index (χ3v) is 3.18. The standard InChI is InChI=1S/C12H15ClFN3O2/c1-17-2-3-19-9(7-17)6-16-12(18)10-4-8(14)5-15-11(10)13/h4-5,9H,2-3,6-7H2,1H3,(H,16,18). The summed E-state index contributed by atoms with van der Waals surface area (Å²) in [6, 6.07) is 1.07. The van der Waals surface area contributed by atoms with Gasteiger partial charge in [0.25, 0.3) is 5.91 Å². The molecule has 7 heteroatoms. The molecule has 0 spiro atoms. The van der Waals surface area contributed by atoms with Crippen molar-refractivity contribution in [3.63, 3.8) is 0 Å². The summed E-state index contributed by atoms with van der Waals surface area (Å²) in [5.41, 5.74) is 0.0332. The number of nitrogens with zero attached hydrogens (tertiary/aromatic N) is 2. The molecule has 0 aliphatic carbocycles. The van der Waals surface area contributed by atoms with Crippen LogP contribution in [0.3, 0.4) is 0 Å². The lowest BCUT2D eigenvalue weighted by Gasteiger charge is -2.30. The van der Waals surface area contributed by atoms with E-state index >= 15 is 0 Å². The lowest BCUT2D eigenvalue weighted by atomic mass is 10.2. The highest BCUT2D eigenvalue weighted by atomic mass is 35.5. The van der Waals surface area contributed by atoms with Crippen molar-refractivity contribution in [3.05, 3.63) is 28.8 Å². The molecule has 1 atom stereocenters. The number of carbonyl (C=O) groups excluding carboxylic acids is 1. The first-order valence-corrected chi connectivity index (χ1v) is 6.33. The first-order valence-electron chi connectivity index (χ1n) is 5.95. The van der Waals surface area contributed by atoms with Crippen LogP contribution in [0, 0.1) is 5.82 Å². The summed E-state index contributed by atoms with van der Waals surface area (Å²) >= 11 is 5.76. The van der Waals surface area contributed by atoms with Crippen molar-refractivity contribution >= 4 is 17.5 Å². The molecule has 0 radical (unpaired) electrons. The van der Waals surface area contributed by atoms with E-state index in [9.17, 15) is 9.18 Å². The van der Waals surface area contributed by atoms with Crippen molar-refractivity contribution in [1.29, 1.82) is 0 Å². The Morgan fingerprint density at radius 2 is 2.53 bits per heavy atom. The number of carbonyl (C=O) groups is 1. The van der Waals surface area contributed by atoms with Crippen LogP contribution in [-0.2, 0) is 4.74 Å². The van der Waals surface area contributed by atoms with Gasteiger partial charge in [0.1, 0.15) is 11.0 Å². The van der Waals surface area contributed by atoms with Crippen molar-refractivity contribution in [3.8, 4) is 0 Å². The van der Waals surface area contributed by atoms with Crippen molar-refractivity contribution in [2.45, 2.75) is 6.10 Å². The van der Waals surface area contributed by atoms with Gasteiger partial charge in [-0.1, -0.05) is 11.6 Å². The lowest BCUT2D eigenvalue weighted by Crippen LogP contribution is -2.46. The summed E-state index contributed by atoms with van der Waals surface area (Å²) in [5.74, 6) is -1.04. The number of likely N-dealkylation sites (N-methyl/N-ethyl adjacent to an activating group) is 1. The van der Waals surface area contributed by atoms with Crippen LogP contribution in [0.1, 0.15) is 10.4 Å². The minimum absolute atomic E-state index is 0.0134. The van der Waals surface area contributed by atoms with Crippen LogP contribution in [0.4, 0.5) is 4.39 Å². The summed E-state index contributed by atoms with van der Waals surface area (Å²) in [4.78, 5) is 17.6. The Morgan fingerprint density at radius 3 is 3.26 bits per heavy atom. The van der Waals surface area contributed by atoms with Gasteiger partial charge in [0.05, 0.1) is 24.5 Å². The smallest absolute Gasteiger partial charge is 0.254 e. The van der Waals surface area contributed by atoms with Gasteiger partial charge in [-0.05, 0) is 13.1 Å². The third kappa shape index (κ3) is 3.86. The van der Waals surface area contributed by atoms with E-state index in [2.05, 4.69) is 15.2 Å². The number of morpholine rings is 1. The summed E-state index contributed by atoms with van der Waals surface area (Å²) in [5, 5.41) is 2.66. The van der Waals surface area contributed by atoms with Gasteiger partial charge in [-0.2, -0.15) is 0 Å². The van der Waals surface area contributed by atoms with E-state index in [4.69, 9.17) is 16.3 Å². The first kappa shape index (κ1) is 14.2. The number of hydrogen-bond acceptors (Lipinski definition) is 4. The van der Waals surface area contributed by atoms with Crippen LogP contribution in [0.5, 0.6) is 0 Å². The van der Waals surface area contributed by atoms with Crippen LogP contribution in [0.2, 0.25) is 5.15 Å². The number of hydrogen-bond donors (Lipinski definition) is 1. The fraction of sp³-hybridized carbons (Fsp3) is 0.500. The zero-order valence-electron chi connectivity index (χ0n) is 10.5. The third-order valence-electron chi connectivity index (χ3n) is 2.88. The van der Waals surface area contributed by atoms with Gasteiger partial charge in [-0.3, -0.25) is 4.79 Å². The fourth-order valence-corrected chi connectivity index (χ4v) is 2.06. The Hall–Kier alpha value is -1.24. The maximum absolute atomic E-state index is 13.0. The minimum atomic E-state index is -0.594. The number of ether oxygens (including phenoxy) is 1. The normalized spacial score (nSPS) is 20.3. The van der Waals surface area contributed by atoms with Crippen molar-refractivity contribution in [1.82, 2.24) is 15.2 Å². The van der Waals surface area contributed by atoms with E-state index in [0.717, 1.165) is 25.4 Å². The molecule has 1 aromatic heterocycles. The van der Waals surface area contributed by atoms with Gasteiger partial charge in [-0.25, -0.2) is 9.37 Å². The monoisotopic (exact) mass is 287 g/mol. The van der Waals surface area contributed by atoms with Crippen LogP contribution in [0.25, 0.3) is 0 Å². The summed E-state index contributed by atoms with van der Waals surface area (Å²) in [7, 11) is 1.99. The SMILES string of the molecule is CN1CCOC(CNC(=O)c2cc(F)cnc2Cl)C1. The molecule has 5 nitrogen and oxygen atoms in total. The quantitative estimate of drug-likeness (QED) is 0.841. The highest BCUT2D eigenvalue weighted by Crippen LogP contribution is 2.13. The molecular weight excluding hydrogens is 273 g/mol. The number of rotatable bonds is 3. The van der Waals surface area contributed by atoms with Gasteiger partial charge < -0.3 is 15.0 Å². The molecule has 0 aromatic carbocycles. The molecule has 1 unspecified atom stereocenters. The van der Waals surface area contributed by atoms with Gasteiger partial charge in [0.2, 0.25) is 0 Å². The number of nitrogens with one attached hydrogen (secondary N) is 1. The van der Waals surface area contributed by atoms with E-state index in [-0.39, 0.29) is 16.8 Å². The largest absolute Gasteiger partial charge is 0.374 e. The molecule has 1 aliphatic heterocycles. The number of pyridine rings is 1. The Bertz CT molecular complexity index is 472. The zero-order valence-corrected chi connectivity index (χ0v) is 11.3. The molecule has 1 N–H and O–H groups in total. The number of aromatic nitrogens is 1. The van der Waals surface area contributed by atoms with Crippen molar-refractivity contribution in [2.24, 2.45) is 0 Å². The fourth-order valence-electron chi connectivity index (χ4n) is 1.87. The summed E-state index contributed by atoms with van der Waals surface area (Å²) in [6.45, 7) is 2.62. The van der Waals surface area contributed by atoms with Crippen molar-refractivity contribution in [2.75, 3.05) is 33.3 Å². The number of amides is 1. The molecule has 1 aliphatic rings. The van der Waals surface area contributed by atoms with E-state index in [1.165, 1.54) is 0 Å². The second-order valence-electron chi connectivity index (χ2n) is 4.46. The predicted octanol–water partition coefficient (Wildman–Crippen LogP) is 0.934. The highest BCUT2D eigenvalue weighted by molar-refractivity contribution is 6.32. The van der Waals surface area contributed by atoms with Crippen LogP contribution in [-0.4, -0.2) is 55.2 Å². The Kier molecular flexibility index (Phi) is 4.68. The van der Waals surface area contributed by atoms with Gasteiger partial charge in [-0.15, -0.1) is 0 Å². The molecule has 104 valence electrons. The van der Waals surface area contributed by atoms with E-state index in [0.29, 0.717) is 13.2 Å². The zero-order chi connectivity index (χ0) is 13.8. The van der Waals surface area contributed by atoms with Crippen LogP contribution >= 0.6 is 11.6 Å². The van der Waals surface area contributed by atoms with Gasteiger partial charge in [0, 0.05) is 19.6 Å². The van der Waals surface area contributed by atoms with Crippen LogP contribution < -0.4 is 5.32 Å². The molecule has 19 heavy (non-hydrogen) atoms. The molecular formula is C12H15ClFN3O2. The maximum atomic E-state index is 13.0. The summed E-state index contributed by atoms with van der Waals surface area (Å²) < 4.78 is 18.5.